The van der Waals surface area contributed by atoms with Gasteiger partial charge in [-0.2, -0.15) is 0 Å². The summed E-state index contributed by atoms with van der Waals surface area (Å²) >= 11 is -1.50. The molecule has 5 nitrogen and oxygen atoms in total. The lowest BCUT2D eigenvalue weighted by atomic mass is 10.1. The van der Waals surface area contributed by atoms with Crippen LogP contribution >= 0.6 is 7.92 Å². The zero-order valence-electron chi connectivity index (χ0n) is 19.8. The number of nitrogens with one attached hydrogen (secondary N) is 2. The number of benzene rings is 2. The Morgan fingerprint density at radius 1 is 0.912 bits per heavy atom. The van der Waals surface area contributed by atoms with Crippen molar-refractivity contribution in [2.24, 2.45) is 0 Å². The number of anilines is 2. The van der Waals surface area contributed by atoms with E-state index in [9.17, 15) is 14.1 Å². The molecule has 0 saturated heterocycles. The van der Waals surface area contributed by atoms with Gasteiger partial charge in [0, 0.05) is 6.04 Å². The zero-order valence-corrected chi connectivity index (χ0v) is 21.5. The van der Waals surface area contributed by atoms with Crippen molar-refractivity contribution in [2.75, 3.05) is 10.0 Å². The van der Waals surface area contributed by atoms with Gasteiger partial charge < -0.3 is 9.87 Å². The minimum atomic E-state index is -1.50. The standard InChI is InChI=1S/C27H29N2O3PS/c1-18(28-23-24(26(31)25(23)30)29-34(32)27(2,3)4)21-16-11-17-22(21)33(19-12-7-5-8-13-19)20-14-9-6-10-15-20/h5-15,17-18,28-29H,16H2,1-4H3/t18-,34?/m1/s1. The minimum Gasteiger partial charge on any atom is -0.593 e. The van der Waals surface area contributed by atoms with Gasteiger partial charge in [-0.05, 0) is 63.5 Å². The van der Waals surface area contributed by atoms with Gasteiger partial charge in [-0.3, -0.25) is 9.59 Å². The van der Waals surface area contributed by atoms with Crippen LogP contribution in [0.4, 0.5) is 11.4 Å². The summed E-state index contributed by atoms with van der Waals surface area (Å²) < 4.78 is 14.7. The van der Waals surface area contributed by atoms with Crippen LogP contribution in [0.1, 0.15) is 34.1 Å². The first-order valence-corrected chi connectivity index (χ1v) is 13.8. The van der Waals surface area contributed by atoms with Gasteiger partial charge in [-0.1, -0.05) is 72.8 Å². The molecule has 0 saturated carbocycles. The van der Waals surface area contributed by atoms with Crippen LogP contribution in [0.3, 0.4) is 0 Å². The van der Waals surface area contributed by atoms with Gasteiger partial charge in [-0.15, -0.1) is 0 Å². The predicted octanol–water partition coefficient (Wildman–Crippen LogP) is 4.30. The predicted molar refractivity (Wildman–Crippen MR) is 146 cm³/mol. The van der Waals surface area contributed by atoms with Gasteiger partial charge in [0.1, 0.15) is 10.4 Å². The van der Waals surface area contributed by atoms with Gasteiger partial charge in [0.05, 0.1) is 11.4 Å². The summed E-state index contributed by atoms with van der Waals surface area (Å²) in [5, 5.41) is 7.02. The van der Waals surface area contributed by atoms with E-state index in [1.54, 1.807) is 0 Å². The highest BCUT2D eigenvalue weighted by molar-refractivity contribution is 7.94. The second-order valence-corrected chi connectivity index (χ2v) is 13.4. The Morgan fingerprint density at radius 2 is 1.44 bits per heavy atom. The third-order valence-electron chi connectivity index (χ3n) is 5.76. The Labute approximate surface area is 204 Å². The Balaban J connectivity index is 1.67. The fourth-order valence-electron chi connectivity index (χ4n) is 3.88. The van der Waals surface area contributed by atoms with Gasteiger partial charge in [0.15, 0.2) is 5.69 Å². The van der Waals surface area contributed by atoms with Crippen LogP contribution in [0.2, 0.25) is 0 Å². The van der Waals surface area contributed by atoms with Crippen molar-refractivity contribution < 1.29 is 4.55 Å². The molecule has 2 atom stereocenters. The maximum absolute atomic E-state index is 12.5. The van der Waals surface area contributed by atoms with Crippen molar-refractivity contribution in [3.05, 3.63) is 104 Å². The monoisotopic (exact) mass is 492 g/mol. The van der Waals surface area contributed by atoms with Crippen LogP contribution in [0.5, 0.6) is 0 Å². The van der Waals surface area contributed by atoms with E-state index in [4.69, 9.17) is 0 Å². The number of rotatable bonds is 8. The lowest BCUT2D eigenvalue weighted by Crippen LogP contribution is -2.43. The molecule has 2 N–H and O–H groups in total. The van der Waals surface area contributed by atoms with Crippen molar-refractivity contribution >= 4 is 41.3 Å². The van der Waals surface area contributed by atoms with Crippen LogP contribution < -0.4 is 31.5 Å². The van der Waals surface area contributed by atoms with E-state index in [2.05, 4.69) is 70.7 Å². The summed E-state index contributed by atoms with van der Waals surface area (Å²) in [5.74, 6) is 0. The van der Waals surface area contributed by atoms with E-state index in [0.29, 0.717) is 0 Å². The highest BCUT2D eigenvalue weighted by Gasteiger charge is 2.33. The van der Waals surface area contributed by atoms with Crippen molar-refractivity contribution in [2.45, 2.75) is 44.9 Å². The number of hydrogen-bond donors (Lipinski definition) is 2. The fourth-order valence-corrected chi connectivity index (χ4v) is 7.19. The Kier molecular flexibility index (Phi) is 7.13. The van der Waals surface area contributed by atoms with Gasteiger partial charge >= 0.3 is 0 Å². The topological polar surface area (TPSA) is 81.3 Å². The maximum Gasteiger partial charge on any atom is 0.257 e. The van der Waals surface area contributed by atoms with Crippen molar-refractivity contribution in [3.63, 3.8) is 0 Å². The van der Waals surface area contributed by atoms with E-state index < -0.39 is 34.9 Å². The molecule has 0 fully saturated rings. The van der Waals surface area contributed by atoms with Crippen LogP contribution in [-0.4, -0.2) is 15.3 Å². The third-order valence-corrected chi connectivity index (χ3v) is 9.81. The van der Waals surface area contributed by atoms with Crippen LogP contribution in [-0.2, 0) is 11.4 Å². The molecule has 0 heterocycles. The SMILES string of the molecule is C[C@@H](Nc1c(N[S+]([O-])C(C)(C)C)c(=O)c1=O)C1=C(P(c2ccccc2)c2ccccc2)C=CC1. The summed E-state index contributed by atoms with van der Waals surface area (Å²) in [4.78, 5) is 24.6. The molecule has 0 amide bonds. The molecule has 4 rings (SSSR count). The second kappa shape index (κ2) is 9.91. The quantitative estimate of drug-likeness (QED) is 0.278. The molecule has 1 aliphatic rings. The first kappa shape index (κ1) is 24.5. The Morgan fingerprint density at radius 3 is 1.97 bits per heavy atom. The number of allylic oxidation sites excluding steroid dienone is 3. The first-order chi connectivity index (χ1) is 16.2. The van der Waals surface area contributed by atoms with Gasteiger partial charge in [0.25, 0.3) is 10.9 Å². The average Bonchev–Trinajstić information content (AvgIpc) is 3.31. The molecule has 0 spiro atoms. The van der Waals surface area contributed by atoms with E-state index in [1.165, 1.54) is 21.5 Å². The highest BCUT2D eigenvalue weighted by atomic mass is 32.2. The second-order valence-electron chi connectivity index (χ2n) is 9.28. The summed E-state index contributed by atoms with van der Waals surface area (Å²) in [7, 11) is -0.775. The Bertz CT molecular complexity index is 1250. The summed E-state index contributed by atoms with van der Waals surface area (Å²) in [5.41, 5.74) is 0.336. The molecule has 34 heavy (non-hydrogen) atoms. The van der Waals surface area contributed by atoms with Crippen LogP contribution in [0.25, 0.3) is 0 Å². The molecule has 0 aliphatic heterocycles. The molecule has 0 radical (unpaired) electrons. The molecule has 0 bridgehead atoms. The molecule has 3 aromatic carbocycles. The summed E-state index contributed by atoms with van der Waals surface area (Å²) in [6.45, 7) is 7.45. The van der Waals surface area contributed by atoms with Crippen molar-refractivity contribution in [3.8, 4) is 0 Å². The molecular formula is C27H29N2O3PS. The molecular weight excluding hydrogens is 463 g/mol. The molecule has 1 aliphatic carbocycles. The molecule has 0 aromatic heterocycles. The minimum absolute atomic E-state index is 0.117. The number of hydrogen-bond acceptors (Lipinski definition) is 5. The van der Waals surface area contributed by atoms with E-state index >= 15 is 0 Å². The molecule has 176 valence electrons. The lowest BCUT2D eigenvalue weighted by molar-refractivity contribution is 0.565. The molecule has 1 unspecified atom stereocenters. The van der Waals surface area contributed by atoms with E-state index in [-0.39, 0.29) is 17.4 Å². The van der Waals surface area contributed by atoms with Crippen LogP contribution in [0.15, 0.2) is 93.3 Å². The maximum atomic E-state index is 12.5. The first-order valence-electron chi connectivity index (χ1n) is 11.3. The van der Waals surface area contributed by atoms with Gasteiger partial charge in [-0.25, -0.2) is 4.72 Å². The summed E-state index contributed by atoms with van der Waals surface area (Å²) in [6.07, 6.45) is 5.11. The van der Waals surface area contributed by atoms with Crippen LogP contribution in [0, 0.1) is 0 Å². The highest BCUT2D eigenvalue weighted by Crippen LogP contribution is 2.48. The molecule has 3 aromatic rings. The smallest absolute Gasteiger partial charge is 0.257 e. The lowest BCUT2D eigenvalue weighted by Gasteiger charge is -2.27. The van der Waals surface area contributed by atoms with Crippen molar-refractivity contribution in [1.82, 2.24) is 0 Å². The third kappa shape index (κ3) is 4.90. The van der Waals surface area contributed by atoms with Gasteiger partial charge in [0.2, 0.25) is 0 Å². The van der Waals surface area contributed by atoms with E-state index in [1.807, 2.05) is 39.8 Å². The fraction of sp³-hybridized carbons (Fsp3) is 0.259. The normalized spacial score (nSPS) is 15.7. The van der Waals surface area contributed by atoms with Crippen molar-refractivity contribution in [1.29, 1.82) is 0 Å². The Hall–Kier alpha value is -2.66. The largest absolute Gasteiger partial charge is 0.593 e. The zero-order chi connectivity index (χ0) is 24.5. The average molecular weight is 493 g/mol. The van der Waals surface area contributed by atoms with E-state index in [0.717, 1.165) is 6.42 Å². The molecule has 7 heteroatoms. The summed E-state index contributed by atoms with van der Waals surface area (Å²) in [6, 6.07) is 20.8.